The second-order valence-corrected chi connectivity index (χ2v) is 8.65. The highest BCUT2D eigenvalue weighted by atomic mass is 32.1. The zero-order valence-corrected chi connectivity index (χ0v) is 17.3. The highest BCUT2D eigenvalue weighted by Gasteiger charge is 2.28. The molecule has 0 bridgehead atoms. The standard InChI is InChI=1S/C23H23N3O2S/c1-14-6-9-16(10-7-14)21(27)26-23-20(17-11-8-15(2)13-18(17)29-23)22(28)25-19-5-3-4-12-24-19/h3-7,9-10,12,15H,8,11,13H2,1-2H3,(H,26,27)(H,24,25,28)/t15-/m1/s1. The van der Waals surface area contributed by atoms with Gasteiger partial charge in [-0.1, -0.05) is 30.7 Å². The van der Waals surface area contributed by atoms with Gasteiger partial charge < -0.3 is 10.6 Å². The molecule has 0 spiro atoms. The number of aryl methyl sites for hydroxylation is 1. The number of nitrogens with zero attached hydrogens (tertiary/aromatic N) is 1. The predicted octanol–water partition coefficient (Wildman–Crippen LogP) is 5.08. The Kier molecular flexibility index (Phi) is 5.45. The number of carbonyl (C=O) groups excluding carboxylic acids is 2. The Morgan fingerprint density at radius 2 is 1.86 bits per heavy atom. The minimum Gasteiger partial charge on any atom is -0.313 e. The Morgan fingerprint density at radius 3 is 2.59 bits per heavy atom. The van der Waals surface area contributed by atoms with Gasteiger partial charge in [0.05, 0.1) is 5.56 Å². The van der Waals surface area contributed by atoms with Gasteiger partial charge in [-0.2, -0.15) is 0 Å². The number of hydrogen-bond acceptors (Lipinski definition) is 4. The molecule has 6 heteroatoms. The lowest BCUT2D eigenvalue weighted by Gasteiger charge is -2.18. The maximum absolute atomic E-state index is 13.1. The minimum atomic E-state index is -0.227. The number of pyridine rings is 1. The summed E-state index contributed by atoms with van der Waals surface area (Å²) in [5.41, 5.74) is 3.30. The lowest BCUT2D eigenvalue weighted by Crippen LogP contribution is -2.19. The monoisotopic (exact) mass is 405 g/mol. The van der Waals surface area contributed by atoms with E-state index in [1.165, 1.54) is 16.2 Å². The molecular weight excluding hydrogens is 382 g/mol. The molecule has 1 atom stereocenters. The van der Waals surface area contributed by atoms with Crippen molar-refractivity contribution >= 4 is 34.0 Å². The van der Waals surface area contributed by atoms with Crippen LogP contribution in [0.15, 0.2) is 48.7 Å². The molecule has 148 valence electrons. The number of hydrogen-bond donors (Lipinski definition) is 2. The van der Waals surface area contributed by atoms with E-state index in [0.717, 1.165) is 30.4 Å². The third-order valence-electron chi connectivity index (χ3n) is 5.19. The number of nitrogens with one attached hydrogen (secondary N) is 2. The van der Waals surface area contributed by atoms with Gasteiger partial charge in [0.25, 0.3) is 11.8 Å². The van der Waals surface area contributed by atoms with Gasteiger partial charge in [0.15, 0.2) is 0 Å². The molecule has 0 saturated heterocycles. The van der Waals surface area contributed by atoms with Crippen LogP contribution < -0.4 is 10.6 Å². The van der Waals surface area contributed by atoms with Crippen LogP contribution in [-0.4, -0.2) is 16.8 Å². The molecule has 5 nitrogen and oxygen atoms in total. The Morgan fingerprint density at radius 1 is 1.07 bits per heavy atom. The Bertz CT molecular complexity index is 1040. The van der Waals surface area contributed by atoms with E-state index in [1.54, 1.807) is 30.5 Å². The first-order valence-corrected chi connectivity index (χ1v) is 10.6. The highest BCUT2D eigenvalue weighted by molar-refractivity contribution is 7.17. The largest absolute Gasteiger partial charge is 0.313 e. The molecule has 2 heterocycles. The van der Waals surface area contributed by atoms with Crippen LogP contribution >= 0.6 is 11.3 Å². The molecule has 1 aromatic carbocycles. The molecule has 2 aromatic heterocycles. The van der Waals surface area contributed by atoms with Crippen molar-refractivity contribution in [2.45, 2.75) is 33.1 Å². The lowest BCUT2D eigenvalue weighted by atomic mass is 9.88. The van der Waals surface area contributed by atoms with Crippen LogP contribution in [0.25, 0.3) is 0 Å². The predicted molar refractivity (Wildman–Crippen MR) is 117 cm³/mol. The lowest BCUT2D eigenvalue weighted by molar-refractivity contribution is 0.102. The van der Waals surface area contributed by atoms with Gasteiger partial charge in [0.1, 0.15) is 10.8 Å². The molecule has 29 heavy (non-hydrogen) atoms. The van der Waals surface area contributed by atoms with Crippen LogP contribution in [0.4, 0.5) is 10.8 Å². The number of benzene rings is 1. The first-order valence-electron chi connectivity index (χ1n) is 9.76. The first kappa shape index (κ1) is 19.3. The van der Waals surface area contributed by atoms with E-state index in [1.807, 2.05) is 25.1 Å². The molecule has 1 aliphatic carbocycles. The van der Waals surface area contributed by atoms with E-state index in [0.29, 0.717) is 27.9 Å². The summed E-state index contributed by atoms with van der Waals surface area (Å²) in [5.74, 6) is 0.643. The Balaban J connectivity index is 1.66. The summed E-state index contributed by atoms with van der Waals surface area (Å²) in [6.45, 7) is 4.21. The van der Waals surface area contributed by atoms with Crippen molar-refractivity contribution in [1.82, 2.24) is 4.98 Å². The van der Waals surface area contributed by atoms with E-state index in [-0.39, 0.29) is 11.8 Å². The van der Waals surface area contributed by atoms with Crippen LogP contribution in [0.1, 0.15) is 50.1 Å². The highest BCUT2D eigenvalue weighted by Crippen LogP contribution is 2.40. The molecule has 1 aliphatic rings. The third-order valence-corrected chi connectivity index (χ3v) is 6.36. The zero-order chi connectivity index (χ0) is 20.4. The fourth-order valence-electron chi connectivity index (χ4n) is 3.57. The summed E-state index contributed by atoms with van der Waals surface area (Å²) in [7, 11) is 0. The van der Waals surface area contributed by atoms with E-state index in [9.17, 15) is 9.59 Å². The smallest absolute Gasteiger partial charge is 0.260 e. The van der Waals surface area contributed by atoms with Crippen LogP contribution in [0.2, 0.25) is 0 Å². The van der Waals surface area contributed by atoms with Gasteiger partial charge in [-0.05, 0) is 61.9 Å². The molecular formula is C23H23N3O2S. The van der Waals surface area contributed by atoms with Gasteiger partial charge in [0, 0.05) is 16.6 Å². The van der Waals surface area contributed by atoms with Crippen molar-refractivity contribution in [1.29, 1.82) is 0 Å². The van der Waals surface area contributed by atoms with Gasteiger partial charge >= 0.3 is 0 Å². The SMILES string of the molecule is Cc1ccc(C(=O)Nc2sc3c(c2C(=O)Nc2ccccn2)CC[C@@H](C)C3)cc1. The first-order chi connectivity index (χ1) is 14.0. The molecule has 0 saturated carbocycles. The molecule has 4 rings (SSSR count). The maximum atomic E-state index is 13.1. The number of aromatic nitrogens is 1. The number of carbonyl (C=O) groups is 2. The van der Waals surface area contributed by atoms with E-state index >= 15 is 0 Å². The molecule has 2 amide bonds. The number of thiophene rings is 1. The summed E-state index contributed by atoms with van der Waals surface area (Å²) >= 11 is 1.52. The van der Waals surface area contributed by atoms with E-state index < -0.39 is 0 Å². The van der Waals surface area contributed by atoms with Crippen molar-refractivity contribution < 1.29 is 9.59 Å². The third kappa shape index (κ3) is 4.22. The minimum absolute atomic E-state index is 0.205. The number of amides is 2. The van der Waals surface area contributed by atoms with Crippen LogP contribution in [0.5, 0.6) is 0 Å². The Labute approximate surface area is 174 Å². The zero-order valence-electron chi connectivity index (χ0n) is 16.5. The average Bonchev–Trinajstić information content (AvgIpc) is 3.06. The van der Waals surface area contributed by atoms with Crippen molar-refractivity contribution in [3.8, 4) is 0 Å². The molecule has 0 radical (unpaired) electrons. The summed E-state index contributed by atoms with van der Waals surface area (Å²) in [5, 5.41) is 6.47. The fourth-order valence-corrected chi connectivity index (χ4v) is 4.98. The van der Waals surface area contributed by atoms with E-state index in [4.69, 9.17) is 0 Å². The Hall–Kier alpha value is -2.99. The molecule has 2 N–H and O–H groups in total. The van der Waals surface area contributed by atoms with E-state index in [2.05, 4.69) is 22.5 Å². The van der Waals surface area contributed by atoms with Crippen LogP contribution in [0.3, 0.4) is 0 Å². The van der Waals surface area contributed by atoms with Crippen molar-refractivity contribution in [2.24, 2.45) is 5.92 Å². The van der Waals surface area contributed by atoms with Crippen LogP contribution in [-0.2, 0) is 12.8 Å². The topological polar surface area (TPSA) is 71.1 Å². The van der Waals surface area contributed by atoms with Gasteiger partial charge in [0.2, 0.25) is 0 Å². The van der Waals surface area contributed by atoms with Gasteiger partial charge in [-0.25, -0.2) is 4.98 Å². The second-order valence-electron chi connectivity index (χ2n) is 7.55. The van der Waals surface area contributed by atoms with Crippen LogP contribution in [0, 0.1) is 12.8 Å². The number of anilines is 2. The maximum Gasteiger partial charge on any atom is 0.260 e. The fraction of sp³-hybridized carbons (Fsp3) is 0.261. The summed E-state index contributed by atoms with van der Waals surface area (Å²) in [6.07, 6.45) is 4.46. The van der Waals surface area contributed by atoms with Crippen molar-refractivity contribution in [2.75, 3.05) is 10.6 Å². The van der Waals surface area contributed by atoms with Gasteiger partial charge in [-0.15, -0.1) is 11.3 Å². The quantitative estimate of drug-likeness (QED) is 0.636. The molecule has 0 aliphatic heterocycles. The van der Waals surface area contributed by atoms with Crippen molar-refractivity contribution in [3.63, 3.8) is 0 Å². The van der Waals surface area contributed by atoms with Gasteiger partial charge in [-0.3, -0.25) is 9.59 Å². The number of rotatable bonds is 4. The summed E-state index contributed by atoms with van der Waals surface area (Å²) < 4.78 is 0. The second kappa shape index (κ2) is 8.17. The molecule has 0 fully saturated rings. The number of fused-ring (bicyclic) bond motifs is 1. The summed E-state index contributed by atoms with van der Waals surface area (Å²) in [6, 6.07) is 12.8. The van der Waals surface area contributed by atoms with Crippen molar-refractivity contribution in [3.05, 3.63) is 75.8 Å². The average molecular weight is 406 g/mol. The normalized spacial score (nSPS) is 15.4. The molecule has 0 unspecified atom stereocenters. The summed E-state index contributed by atoms with van der Waals surface area (Å²) in [4.78, 5) is 31.3. The molecule has 3 aromatic rings.